The summed E-state index contributed by atoms with van der Waals surface area (Å²) in [7, 11) is 0. The molecule has 3 aromatic rings. The predicted octanol–water partition coefficient (Wildman–Crippen LogP) is 4.09. The van der Waals surface area contributed by atoms with Gasteiger partial charge < -0.3 is 15.4 Å². The Labute approximate surface area is 140 Å². The largest absolute Gasteiger partial charge is 0.493 e. The highest BCUT2D eigenvalue weighted by Crippen LogP contribution is 2.36. The molecule has 0 spiro atoms. The van der Waals surface area contributed by atoms with E-state index >= 15 is 0 Å². The number of amides is 1. The van der Waals surface area contributed by atoms with Gasteiger partial charge >= 0.3 is 0 Å². The van der Waals surface area contributed by atoms with Gasteiger partial charge in [0.15, 0.2) is 0 Å². The molecular weight excluding hydrogens is 300 g/mol. The number of fused-ring (bicyclic) bond motifs is 2. The van der Waals surface area contributed by atoms with E-state index in [0.29, 0.717) is 12.2 Å². The first-order valence-corrected chi connectivity index (χ1v) is 8.09. The molecule has 1 aliphatic rings. The van der Waals surface area contributed by atoms with E-state index in [9.17, 15) is 4.79 Å². The number of carbonyl (C=O) groups is 1. The van der Waals surface area contributed by atoms with Crippen molar-refractivity contribution in [2.24, 2.45) is 0 Å². The van der Waals surface area contributed by atoms with Crippen molar-refractivity contribution >= 4 is 22.4 Å². The lowest BCUT2D eigenvalue weighted by Gasteiger charge is -2.30. The SMILES string of the molecule is CCOc1ccc2ccccc2c1C1NC(=O)c2ccccc2N1. The van der Waals surface area contributed by atoms with Crippen LogP contribution in [0.25, 0.3) is 10.8 Å². The van der Waals surface area contributed by atoms with Crippen molar-refractivity contribution in [2.45, 2.75) is 13.1 Å². The molecule has 3 aromatic carbocycles. The summed E-state index contributed by atoms with van der Waals surface area (Å²) in [5.41, 5.74) is 2.45. The Hall–Kier alpha value is -3.01. The Balaban J connectivity index is 1.87. The van der Waals surface area contributed by atoms with Crippen LogP contribution in [0.5, 0.6) is 5.75 Å². The number of nitrogens with one attached hydrogen (secondary N) is 2. The van der Waals surface area contributed by atoms with E-state index < -0.39 is 0 Å². The summed E-state index contributed by atoms with van der Waals surface area (Å²) in [5.74, 6) is 0.707. The van der Waals surface area contributed by atoms with Gasteiger partial charge in [-0.05, 0) is 35.9 Å². The Morgan fingerprint density at radius 2 is 1.75 bits per heavy atom. The average Bonchev–Trinajstić information content (AvgIpc) is 2.62. The Bertz CT molecular complexity index is 920. The Morgan fingerprint density at radius 3 is 2.62 bits per heavy atom. The first-order chi connectivity index (χ1) is 11.8. The predicted molar refractivity (Wildman–Crippen MR) is 95.4 cm³/mol. The van der Waals surface area contributed by atoms with E-state index in [0.717, 1.165) is 27.8 Å². The van der Waals surface area contributed by atoms with Crippen molar-refractivity contribution in [3.63, 3.8) is 0 Å². The summed E-state index contributed by atoms with van der Waals surface area (Å²) in [6.07, 6.45) is -0.333. The molecule has 2 N–H and O–H groups in total. The summed E-state index contributed by atoms with van der Waals surface area (Å²) < 4.78 is 5.83. The minimum absolute atomic E-state index is 0.0790. The van der Waals surface area contributed by atoms with Crippen molar-refractivity contribution in [2.75, 3.05) is 11.9 Å². The van der Waals surface area contributed by atoms with Crippen molar-refractivity contribution in [1.82, 2.24) is 5.32 Å². The topological polar surface area (TPSA) is 50.4 Å². The monoisotopic (exact) mass is 318 g/mol. The van der Waals surface area contributed by atoms with Crippen molar-refractivity contribution in [3.05, 3.63) is 71.8 Å². The first kappa shape index (κ1) is 14.6. The third-order valence-corrected chi connectivity index (χ3v) is 4.27. The fraction of sp³-hybridized carbons (Fsp3) is 0.150. The van der Waals surface area contributed by atoms with Gasteiger partial charge in [0.1, 0.15) is 11.9 Å². The Kier molecular flexibility index (Phi) is 3.58. The van der Waals surface area contributed by atoms with Crippen LogP contribution in [0.1, 0.15) is 29.0 Å². The molecule has 0 bridgehead atoms. The van der Waals surface area contributed by atoms with E-state index in [2.05, 4.69) is 22.8 Å². The van der Waals surface area contributed by atoms with Gasteiger partial charge in [-0.2, -0.15) is 0 Å². The zero-order valence-electron chi connectivity index (χ0n) is 13.4. The van der Waals surface area contributed by atoms with E-state index in [1.54, 1.807) is 0 Å². The van der Waals surface area contributed by atoms with E-state index in [1.165, 1.54) is 0 Å². The fourth-order valence-electron chi connectivity index (χ4n) is 3.21. The van der Waals surface area contributed by atoms with Crippen LogP contribution in [0, 0.1) is 0 Å². The van der Waals surface area contributed by atoms with Crippen molar-refractivity contribution in [1.29, 1.82) is 0 Å². The molecule has 1 amide bonds. The van der Waals surface area contributed by atoms with Gasteiger partial charge in [0.05, 0.1) is 12.2 Å². The standard InChI is InChI=1S/C20H18N2O2/c1-2-24-17-12-11-13-7-3-4-8-14(13)18(17)19-21-16-10-6-5-9-15(16)20(23)22-19/h3-12,19,21H,2H2,1H3,(H,22,23). The highest BCUT2D eigenvalue weighted by molar-refractivity contribution is 6.02. The molecule has 4 rings (SSSR count). The average molecular weight is 318 g/mol. The van der Waals surface area contributed by atoms with Crippen LogP contribution in [0.3, 0.4) is 0 Å². The molecule has 4 nitrogen and oxygen atoms in total. The minimum Gasteiger partial charge on any atom is -0.493 e. The molecule has 0 saturated carbocycles. The molecule has 24 heavy (non-hydrogen) atoms. The second kappa shape index (κ2) is 5.89. The number of ether oxygens (including phenoxy) is 1. The smallest absolute Gasteiger partial charge is 0.255 e. The molecule has 0 aliphatic carbocycles. The van der Waals surface area contributed by atoms with Gasteiger partial charge in [-0.15, -0.1) is 0 Å². The van der Waals surface area contributed by atoms with Crippen LogP contribution in [0.2, 0.25) is 0 Å². The molecule has 0 fully saturated rings. The van der Waals surface area contributed by atoms with Crippen LogP contribution < -0.4 is 15.4 Å². The molecule has 1 heterocycles. The molecule has 0 aromatic heterocycles. The number of carbonyl (C=O) groups excluding carboxylic acids is 1. The highest BCUT2D eigenvalue weighted by atomic mass is 16.5. The second-order valence-electron chi connectivity index (χ2n) is 5.73. The van der Waals surface area contributed by atoms with Crippen LogP contribution in [-0.4, -0.2) is 12.5 Å². The first-order valence-electron chi connectivity index (χ1n) is 8.09. The molecule has 120 valence electrons. The van der Waals surface area contributed by atoms with Crippen LogP contribution >= 0.6 is 0 Å². The highest BCUT2D eigenvalue weighted by Gasteiger charge is 2.27. The van der Waals surface area contributed by atoms with Gasteiger partial charge in [0.2, 0.25) is 0 Å². The summed E-state index contributed by atoms with van der Waals surface area (Å²) >= 11 is 0. The molecule has 4 heteroatoms. The number of para-hydroxylation sites is 1. The quantitative estimate of drug-likeness (QED) is 0.764. The van der Waals surface area contributed by atoms with E-state index in [-0.39, 0.29) is 12.1 Å². The zero-order valence-corrected chi connectivity index (χ0v) is 13.4. The molecule has 1 unspecified atom stereocenters. The van der Waals surface area contributed by atoms with Crippen LogP contribution in [0.15, 0.2) is 60.7 Å². The Morgan fingerprint density at radius 1 is 0.958 bits per heavy atom. The lowest BCUT2D eigenvalue weighted by molar-refractivity contribution is 0.0935. The van der Waals surface area contributed by atoms with Crippen LogP contribution in [-0.2, 0) is 0 Å². The van der Waals surface area contributed by atoms with Gasteiger partial charge in [0.25, 0.3) is 5.91 Å². The number of anilines is 1. The van der Waals surface area contributed by atoms with Gasteiger partial charge in [-0.1, -0.05) is 42.5 Å². The number of hydrogen-bond acceptors (Lipinski definition) is 3. The van der Waals surface area contributed by atoms with Crippen LogP contribution in [0.4, 0.5) is 5.69 Å². The molecule has 0 radical (unpaired) electrons. The van der Waals surface area contributed by atoms with Crippen molar-refractivity contribution < 1.29 is 9.53 Å². The molecule has 0 saturated heterocycles. The van der Waals surface area contributed by atoms with Gasteiger partial charge in [-0.25, -0.2) is 0 Å². The van der Waals surface area contributed by atoms with Gasteiger partial charge in [-0.3, -0.25) is 4.79 Å². The van der Waals surface area contributed by atoms with Gasteiger partial charge in [0, 0.05) is 11.3 Å². The van der Waals surface area contributed by atoms with Crippen molar-refractivity contribution in [3.8, 4) is 5.75 Å². The second-order valence-corrected chi connectivity index (χ2v) is 5.73. The normalized spacial score (nSPS) is 16.2. The maximum atomic E-state index is 12.5. The maximum absolute atomic E-state index is 12.5. The van der Waals surface area contributed by atoms with E-state index in [4.69, 9.17) is 4.74 Å². The minimum atomic E-state index is -0.333. The fourth-order valence-corrected chi connectivity index (χ4v) is 3.21. The molecule has 1 atom stereocenters. The number of hydrogen-bond donors (Lipinski definition) is 2. The summed E-state index contributed by atoms with van der Waals surface area (Å²) in [4.78, 5) is 12.5. The molecular formula is C20H18N2O2. The summed E-state index contributed by atoms with van der Waals surface area (Å²) in [6.45, 7) is 2.53. The lowest BCUT2D eigenvalue weighted by atomic mass is 9.99. The molecule has 1 aliphatic heterocycles. The number of benzene rings is 3. The number of rotatable bonds is 3. The third kappa shape index (κ3) is 2.36. The van der Waals surface area contributed by atoms with E-state index in [1.807, 2.05) is 55.5 Å². The summed E-state index contributed by atoms with van der Waals surface area (Å²) in [5, 5.41) is 8.66. The third-order valence-electron chi connectivity index (χ3n) is 4.27. The maximum Gasteiger partial charge on any atom is 0.255 e. The lowest BCUT2D eigenvalue weighted by Crippen LogP contribution is -2.38. The summed E-state index contributed by atoms with van der Waals surface area (Å²) in [6, 6.07) is 19.7. The zero-order chi connectivity index (χ0) is 16.5.